The van der Waals surface area contributed by atoms with Crippen LogP contribution in [0.5, 0.6) is 5.75 Å². The standard InChI is InChI=1S/C26H30N2O6/c1-5-26(3,4)28(23(30)17-34-20-10-8-7-9-11-20)21-16-22(29)27(24(21)31)19-14-12-18(13-15-19)25(32)33-6-2/h7-15,21H,5-6,16-17H2,1-4H3. The zero-order chi connectivity index (χ0) is 24.9. The maximum atomic E-state index is 13.4. The average molecular weight is 467 g/mol. The molecule has 1 heterocycles. The monoisotopic (exact) mass is 466 g/mol. The van der Waals surface area contributed by atoms with Gasteiger partial charge in [0.05, 0.1) is 24.3 Å². The Kier molecular flexibility index (Phi) is 7.71. The third-order valence-corrected chi connectivity index (χ3v) is 5.96. The highest BCUT2D eigenvalue weighted by molar-refractivity contribution is 6.23. The molecule has 3 rings (SSSR count). The summed E-state index contributed by atoms with van der Waals surface area (Å²) in [5.74, 6) is -1.20. The molecule has 3 amide bonds. The number of esters is 1. The summed E-state index contributed by atoms with van der Waals surface area (Å²) in [6.45, 7) is 7.36. The predicted octanol–water partition coefficient (Wildman–Crippen LogP) is 3.59. The maximum absolute atomic E-state index is 13.4. The Morgan fingerprint density at radius 3 is 2.26 bits per heavy atom. The highest BCUT2D eigenvalue weighted by atomic mass is 16.5. The van der Waals surface area contributed by atoms with Crippen molar-refractivity contribution < 1.29 is 28.7 Å². The minimum Gasteiger partial charge on any atom is -0.484 e. The number of imide groups is 1. The summed E-state index contributed by atoms with van der Waals surface area (Å²) in [6.07, 6.45) is 0.454. The summed E-state index contributed by atoms with van der Waals surface area (Å²) in [4.78, 5) is 54.0. The van der Waals surface area contributed by atoms with Crippen molar-refractivity contribution in [3.05, 3.63) is 60.2 Å². The minimum absolute atomic E-state index is 0.126. The second kappa shape index (κ2) is 10.5. The van der Waals surface area contributed by atoms with Gasteiger partial charge >= 0.3 is 5.97 Å². The highest BCUT2D eigenvalue weighted by Crippen LogP contribution is 2.31. The SMILES string of the molecule is CCOC(=O)c1ccc(N2C(=O)CC(N(C(=O)COc3ccccc3)C(C)(C)CC)C2=O)cc1. The van der Waals surface area contributed by atoms with Crippen molar-refractivity contribution in [1.29, 1.82) is 0 Å². The van der Waals surface area contributed by atoms with E-state index in [1.165, 1.54) is 29.2 Å². The van der Waals surface area contributed by atoms with Crippen LogP contribution < -0.4 is 9.64 Å². The van der Waals surface area contributed by atoms with E-state index in [1.807, 2.05) is 26.8 Å². The molecule has 0 N–H and O–H groups in total. The number of hydrogen-bond acceptors (Lipinski definition) is 6. The lowest BCUT2D eigenvalue weighted by molar-refractivity contribution is -0.146. The van der Waals surface area contributed by atoms with Crippen molar-refractivity contribution in [2.75, 3.05) is 18.1 Å². The maximum Gasteiger partial charge on any atom is 0.338 e. The average Bonchev–Trinajstić information content (AvgIpc) is 3.11. The van der Waals surface area contributed by atoms with E-state index in [-0.39, 0.29) is 25.5 Å². The number of amides is 3. The van der Waals surface area contributed by atoms with Crippen LogP contribution in [0.1, 0.15) is 50.9 Å². The fraction of sp³-hybridized carbons (Fsp3) is 0.385. The Hall–Kier alpha value is -3.68. The van der Waals surface area contributed by atoms with Gasteiger partial charge in [0.15, 0.2) is 6.61 Å². The van der Waals surface area contributed by atoms with Gasteiger partial charge < -0.3 is 14.4 Å². The number of rotatable bonds is 9. The fourth-order valence-corrected chi connectivity index (χ4v) is 3.88. The van der Waals surface area contributed by atoms with Gasteiger partial charge in [-0.15, -0.1) is 0 Å². The van der Waals surface area contributed by atoms with E-state index in [1.54, 1.807) is 31.2 Å². The minimum atomic E-state index is -0.945. The fourth-order valence-electron chi connectivity index (χ4n) is 3.88. The normalized spacial score (nSPS) is 15.9. The van der Waals surface area contributed by atoms with Crippen LogP contribution in [-0.2, 0) is 19.1 Å². The van der Waals surface area contributed by atoms with E-state index < -0.39 is 29.4 Å². The number of benzene rings is 2. The van der Waals surface area contributed by atoms with Gasteiger partial charge in [0.25, 0.3) is 11.8 Å². The predicted molar refractivity (Wildman–Crippen MR) is 126 cm³/mol. The number of carbonyl (C=O) groups is 4. The smallest absolute Gasteiger partial charge is 0.338 e. The van der Waals surface area contributed by atoms with Crippen LogP contribution >= 0.6 is 0 Å². The van der Waals surface area contributed by atoms with Crippen LogP contribution in [0.25, 0.3) is 0 Å². The largest absolute Gasteiger partial charge is 0.484 e. The molecule has 8 heteroatoms. The van der Waals surface area contributed by atoms with Crippen molar-refractivity contribution in [2.45, 2.75) is 52.1 Å². The van der Waals surface area contributed by atoms with Gasteiger partial charge in [-0.25, -0.2) is 9.69 Å². The Labute approximate surface area is 199 Å². The van der Waals surface area contributed by atoms with Crippen LogP contribution in [0.15, 0.2) is 54.6 Å². The third kappa shape index (κ3) is 5.27. The van der Waals surface area contributed by atoms with Crippen molar-refractivity contribution in [3.8, 4) is 5.75 Å². The molecule has 0 saturated carbocycles. The van der Waals surface area contributed by atoms with Gasteiger partial charge in [-0.05, 0) is 63.6 Å². The molecule has 0 aliphatic carbocycles. The lowest BCUT2D eigenvalue weighted by atomic mass is 9.96. The Morgan fingerprint density at radius 2 is 1.68 bits per heavy atom. The number of ether oxygens (including phenoxy) is 2. The van der Waals surface area contributed by atoms with Gasteiger partial charge in [-0.1, -0.05) is 25.1 Å². The zero-order valence-corrected chi connectivity index (χ0v) is 19.9. The van der Waals surface area contributed by atoms with E-state index >= 15 is 0 Å². The molecule has 1 fully saturated rings. The number of hydrogen-bond donors (Lipinski definition) is 0. The Morgan fingerprint density at radius 1 is 1.03 bits per heavy atom. The van der Waals surface area contributed by atoms with Crippen molar-refractivity contribution in [3.63, 3.8) is 0 Å². The Balaban J connectivity index is 1.82. The van der Waals surface area contributed by atoms with E-state index in [4.69, 9.17) is 9.47 Å². The number of carbonyl (C=O) groups excluding carboxylic acids is 4. The van der Waals surface area contributed by atoms with E-state index in [0.29, 0.717) is 23.4 Å². The van der Waals surface area contributed by atoms with Crippen molar-refractivity contribution in [1.82, 2.24) is 4.90 Å². The molecule has 1 aliphatic rings. The van der Waals surface area contributed by atoms with Crippen LogP contribution in [-0.4, -0.2) is 53.4 Å². The molecule has 180 valence electrons. The molecule has 0 radical (unpaired) electrons. The van der Waals surface area contributed by atoms with Gasteiger partial charge in [0.1, 0.15) is 11.8 Å². The van der Waals surface area contributed by atoms with E-state index in [9.17, 15) is 19.2 Å². The summed E-state index contributed by atoms with van der Waals surface area (Å²) in [7, 11) is 0. The van der Waals surface area contributed by atoms with Crippen molar-refractivity contribution in [2.24, 2.45) is 0 Å². The molecular formula is C26H30N2O6. The van der Waals surface area contributed by atoms with Gasteiger partial charge in [-0.2, -0.15) is 0 Å². The quantitative estimate of drug-likeness (QED) is 0.414. The molecule has 0 spiro atoms. The lowest BCUT2D eigenvalue weighted by Crippen LogP contribution is -2.56. The number of nitrogens with zero attached hydrogens (tertiary/aromatic N) is 2. The number of anilines is 1. The van der Waals surface area contributed by atoms with Crippen LogP contribution in [0.4, 0.5) is 5.69 Å². The summed E-state index contributed by atoms with van der Waals surface area (Å²) in [5, 5.41) is 0. The van der Waals surface area contributed by atoms with Crippen molar-refractivity contribution >= 4 is 29.4 Å². The first kappa shape index (κ1) is 25.0. The molecule has 1 aliphatic heterocycles. The molecule has 2 aromatic carbocycles. The molecule has 1 atom stereocenters. The number of para-hydroxylation sites is 1. The molecular weight excluding hydrogens is 436 g/mol. The topological polar surface area (TPSA) is 93.2 Å². The molecule has 8 nitrogen and oxygen atoms in total. The van der Waals surface area contributed by atoms with Gasteiger partial charge in [-0.3, -0.25) is 14.4 Å². The lowest BCUT2D eigenvalue weighted by Gasteiger charge is -2.41. The van der Waals surface area contributed by atoms with E-state index in [0.717, 1.165) is 4.90 Å². The van der Waals surface area contributed by atoms with Gasteiger partial charge in [0.2, 0.25) is 5.91 Å². The summed E-state index contributed by atoms with van der Waals surface area (Å²) >= 11 is 0. The van der Waals surface area contributed by atoms with Crippen LogP contribution in [0.2, 0.25) is 0 Å². The Bertz CT molecular complexity index is 1050. The molecule has 2 aromatic rings. The van der Waals surface area contributed by atoms with Crippen LogP contribution in [0, 0.1) is 0 Å². The molecule has 0 bridgehead atoms. The highest BCUT2D eigenvalue weighted by Gasteiger charge is 2.48. The van der Waals surface area contributed by atoms with E-state index in [2.05, 4.69) is 0 Å². The first-order valence-corrected chi connectivity index (χ1v) is 11.3. The van der Waals surface area contributed by atoms with Crippen LogP contribution in [0.3, 0.4) is 0 Å². The first-order chi connectivity index (χ1) is 16.2. The first-order valence-electron chi connectivity index (χ1n) is 11.3. The second-order valence-electron chi connectivity index (χ2n) is 8.59. The van der Waals surface area contributed by atoms with Gasteiger partial charge in [0, 0.05) is 5.54 Å². The zero-order valence-electron chi connectivity index (χ0n) is 19.9. The second-order valence-corrected chi connectivity index (χ2v) is 8.59. The molecule has 0 aromatic heterocycles. The summed E-state index contributed by atoms with van der Waals surface area (Å²) < 4.78 is 10.6. The third-order valence-electron chi connectivity index (χ3n) is 5.96. The summed E-state index contributed by atoms with van der Waals surface area (Å²) in [6, 6.07) is 14.1. The summed E-state index contributed by atoms with van der Waals surface area (Å²) in [5.41, 5.74) is -0.0161. The molecule has 34 heavy (non-hydrogen) atoms. The molecule has 1 saturated heterocycles. The molecule has 1 unspecified atom stereocenters.